The van der Waals surface area contributed by atoms with Crippen LogP contribution in [0.4, 0.5) is 0 Å². The van der Waals surface area contributed by atoms with Crippen LogP contribution in [0.15, 0.2) is 42.7 Å². The highest BCUT2D eigenvalue weighted by molar-refractivity contribution is 6.30. The number of hydrogen-bond acceptors (Lipinski definition) is 3. The van der Waals surface area contributed by atoms with Gasteiger partial charge in [-0.25, -0.2) is 0 Å². The molecule has 5 heteroatoms. The molecule has 0 aliphatic rings. The van der Waals surface area contributed by atoms with Crippen LogP contribution in [-0.4, -0.2) is 28.0 Å². The van der Waals surface area contributed by atoms with Gasteiger partial charge < -0.3 is 10.4 Å². The van der Waals surface area contributed by atoms with Gasteiger partial charge in [-0.05, 0) is 36.7 Å². The van der Waals surface area contributed by atoms with Gasteiger partial charge in [0.15, 0.2) is 0 Å². The fourth-order valence-corrected chi connectivity index (χ4v) is 1.97. The second-order valence-electron chi connectivity index (χ2n) is 4.39. The molecule has 1 aromatic heterocycles. The minimum Gasteiger partial charge on any atom is -0.387 e. The second-order valence-corrected chi connectivity index (χ2v) is 4.83. The van der Waals surface area contributed by atoms with Crippen molar-refractivity contribution in [2.45, 2.75) is 19.1 Å². The van der Waals surface area contributed by atoms with Gasteiger partial charge in [0.05, 0.1) is 6.10 Å². The lowest BCUT2D eigenvalue weighted by molar-refractivity contribution is 0.174. The van der Waals surface area contributed by atoms with Crippen LogP contribution >= 0.6 is 11.6 Å². The smallest absolute Gasteiger partial charge is 0.0914 e. The summed E-state index contributed by atoms with van der Waals surface area (Å²) in [4.78, 5) is 0. The van der Waals surface area contributed by atoms with E-state index in [2.05, 4.69) is 10.4 Å². The van der Waals surface area contributed by atoms with Crippen LogP contribution in [0.3, 0.4) is 0 Å². The summed E-state index contributed by atoms with van der Waals surface area (Å²) >= 11 is 5.81. The van der Waals surface area contributed by atoms with Crippen molar-refractivity contribution >= 4 is 11.6 Å². The summed E-state index contributed by atoms with van der Waals surface area (Å²) in [7, 11) is 0. The lowest BCUT2D eigenvalue weighted by Crippen LogP contribution is -2.23. The third-order valence-electron chi connectivity index (χ3n) is 2.89. The van der Waals surface area contributed by atoms with Gasteiger partial charge >= 0.3 is 0 Å². The minimum absolute atomic E-state index is 0.498. The van der Waals surface area contributed by atoms with Gasteiger partial charge in [0.1, 0.15) is 0 Å². The molecule has 0 spiro atoms. The molecule has 2 N–H and O–H groups in total. The first-order valence-electron chi connectivity index (χ1n) is 6.37. The Hall–Kier alpha value is -1.36. The quantitative estimate of drug-likeness (QED) is 0.765. The first kappa shape index (κ1) is 14.1. The molecule has 0 saturated carbocycles. The summed E-state index contributed by atoms with van der Waals surface area (Å²) in [6.07, 6.45) is 4.21. The van der Waals surface area contributed by atoms with Gasteiger partial charge in [-0.3, -0.25) is 4.68 Å². The Balaban J connectivity index is 1.63. The molecule has 0 bridgehead atoms. The lowest BCUT2D eigenvalue weighted by atomic mass is 10.1. The molecule has 102 valence electrons. The number of nitrogens with zero attached hydrogens (tertiary/aromatic N) is 2. The number of nitrogens with one attached hydrogen (secondary N) is 1. The number of hydrogen-bond donors (Lipinski definition) is 2. The van der Waals surface area contributed by atoms with E-state index in [-0.39, 0.29) is 0 Å². The summed E-state index contributed by atoms with van der Waals surface area (Å²) in [6.45, 7) is 2.28. The Morgan fingerprint density at radius 1 is 1.32 bits per heavy atom. The Bertz CT molecular complexity index is 470. The van der Waals surface area contributed by atoms with Crippen LogP contribution in [-0.2, 0) is 6.54 Å². The highest BCUT2D eigenvalue weighted by atomic mass is 35.5. The summed E-state index contributed by atoms with van der Waals surface area (Å²) in [5, 5.41) is 18.0. The van der Waals surface area contributed by atoms with E-state index in [9.17, 15) is 5.11 Å². The van der Waals surface area contributed by atoms with Crippen molar-refractivity contribution in [3.05, 3.63) is 53.3 Å². The molecule has 0 amide bonds. The van der Waals surface area contributed by atoms with Crippen molar-refractivity contribution in [1.29, 1.82) is 0 Å². The van der Waals surface area contributed by atoms with E-state index in [4.69, 9.17) is 11.6 Å². The molecule has 0 aliphatic carbocycles. The fourth-order valence-electron chi connectivity index (χ4n) is 1.84. The van der Waals surface area contributed by atoms with Crippen molar-refractivity contribution in [1.82, 2.24) is 15.1 Å². The van der Waals surface area contributed by atoms with Gasteiger partial charge in [-0.15, -0.1) is 0 Å². The summed E-state index contributed by atoms with van der Waals surface area (Å²) in [6, 6.07) is 9.18. The van der Waals surface area contributed by atoms with E-state index in [0.29, 0.717) is 11.6 Å². The van der Waals surface area contributed by atoms with Gasteiger partial charge in [0.25, 0.3) is 0 Å². The molecule has 4 nitrogen and oxygen atoms in total. The Labute approximate surface area is 118 Å². The van der Waals surface area contributed by atoms with E-state index in [1.54, 1.807) is 18.3 Å². The van der Waals surface area contributed by atoms with Crippen molar-refractivity contribution < 1.29 is 5.11 Å². The van der Waals surface area contributed by atoms with Crippen molar-refractivity contribution in [3.8, 4) is 0 Å². The lowest BCUT2D eigenvalue weighted by Gasteiger charge is -2.12. The van der Waals surface area contributed by atoms with Crippen LogP contribution < -0.4 is 5.32 Å². The van der Waals surface area contributed by atoms with E-state index in [1.807, 2.05) is 29.1 Å². The molecule has 0 saturated heterocycles. The average Bonchev–Trinajstić information content (AvgIpc) is 2.92. The highest BCUT2D eigenvalue weighted by Gasteiger charge is 2.06. The molecule has 19 heavy (non-hydrogen) atoms. The average molecular weight is 280 g/mol. The summed E-state index contributed by atoms with van der Waals surface area (Å²) in [5.41, 5.74) is 0.879. The third-order valence-corrected chi connectivity index (χ3v) is 3.14. The van der Waals surface area contributed by atoms with Crippen LogP contribution in [0.1, 0.15) is 18.1 Å². The number of aliphatic hydroxyl groups is 1. The zero-order valence-electron chi connectivity index (χ0n) is 10.7. The normalized spacial score (nSPS) is 12.5. The second kappa shape index (κ2) is 7.28. The van der Waals surface area contributed by atoms with Gasteiger partial charge in [-0.2, -0.15) is 5.10 Å². The molecule has 1 heterocycles. The molecule has 1 atom stereocenters. The van der Waals surface area contributed by atoms with E-state index >= 15 is 0 Å². The molecule has 1 unspecified atom stereocenters. The standard InChI is InChI=1S/C14H18ClN3O/c15-13-5-3-12(4-6-13)14(19)11-16-7-1-9-18-10-2-8-17-18/h2-6,8,10,14,16,19H,1,7,9,11H2. The molecule has 2 rings (SSSR count). The molecular weight excluding hydrogens is 262 g/mol. The summed E-state index contributed by atoms with van der Waals surface area (Å²) < 4.78 is 1.90. The molecule has 0 aliphatic heterocycles. The Morgan fingerprint density at radius 3 is 2.79 bits per heavy atom. The maximum atomic E-state index is 9.97. The van der Waals surface area contributed by atoms with Crippen LogP contribution in [0.2, 0.25) is 5.02 Å². The highest BCUT2D eigenvalue weighted by Crippen LogP contribution is 2.15. The van der Waals surface area contributed by atoms with E-state index in [1.165, 1.54) is 0 Å². The predicted molar refractivity (Wildman–Crippen MR) is 76.1 cm³/mol. The summed E-state index contributed by atoms with van der Waals surface area (Å²) in [5.74, 6) is 0. The first-order chi connectivity index (χ1) is 9.25. The van der Waals surface area contributed by atoms with E-state index in [0.717, 1.165) is 25.1 Å². The zero-order valence-corrected chi connectivity index (χ0v) is 11.4. The number of aromatic nitrogens is 2. The Morgan fingerprint density at radius 2 is 2.11 bits per heavy atom. The number of halogens is 1. The SMILES string of the molecule is OC(CNCCCn1cccn1)c1ccc(Cl)cc1. The number of aryl methyl sites for hydroxylation is 1. The molecule has 0 radical (unpaired) electrons. The fraction of sp³-hybridized carbons (Fsp3) is 0.357. The maximum absolute atomic E-state index is 9.97. The maximum Gasteiger partial charge on any atom is 0.0914 e. The number of rotatable bonds is 7. The van der Waals surface area contributed by atoms with Crippen LogP contribution in [0.5, 0.6) is 0 Å². The minimum atomic E-state index is -0.498. The monoisotopic (exact) mass is 279 g/mol. The zero-order chi connectivity index (χ0) is 13.5. The molecule has 2 aromatic rings. The molecule has 1 aromatic carbocycles. The first-order valence-corrected chi connectivity index (χ1v) is 6.75. The molecule has 0 fully saturated rings. The molecular formula is C14H18ClN3O. The van der Waals surface area contributed by atoms with Crippen LogP contribution in [0, 0.1) is 0 Å². The van der Waals surface area contributed by atoms with Gasteiger partial charge in [0, 0.05) is 30.5 Å². The van der Waals surface area contributed by atoms with Crippen molar-refractivity contribution in [3.63, 3.8) is 0 Å². The topological polar surface area (TPSA) is 50.1 Å². The third kappa shape index (κ3) is 4.67. The largest absolute Gasteiger partial charge is 0.387 e. The number of aliphatic hydroxyl groups excluding tert-OH is 1. The predicted octanol–water partition coefficient (Wildman–Crippen LogP) is 2.25. The van der Waals surface area contributed by atoms with Crippen molar-refractivity contribution in [2.24, 2.45) is 0 Å². The van der Waals surface area contributed by atoms with Crippen molar-refractivity contribution in [2.75, 3.05) is 13.1 Å². The number of benzene rings is 1. The van der Waals surface area contributed by atoms with Crippen LogP contribution in [0.25, 0.3) is 0 Å². The van der Waals surface area contributed by atoms with Gasteiger partial charge in [-0.1, -0.05) is 23.7 Å². The van der Waals surface area contributed by atoms with Gasteiger partial charge in [0.2, 0.25) is 0 Å². The van der Waals surface area contributed by atoms with E-state index < -0.39 is 6.10 Å². The Kier molecular flexibility index (Phi) is 5.39.